The Morgan fingerprint density at radius 2 is 1.63 bits per heavy atom. The Balaban J connectivity index is 1.69. The lowest BCUT2D eigenvalue weighted by atomic mass is 10.1. The van der Waals surface area contributed by atoms with Crippen LogP contribution >= 0.6 is 0 Å². The number of aromatic nitrogens is 2. The summed E-state index contributed by atoms with van der Waals surface area (Å²) < 4.78 is 24.9. The van der Waals surface area contributed by atoms with Gasteiger partial charge in [-0.3, -0.25) is 5.43 Å². The van der Waals surface area contributed by atoms with Crippen LogP contribution in [-0.2, 0) is 16.4 Å². The van der Waals surface area contributed by atoms with E-state index in [1.54, 1.807) is 12.1 Å². The number of nitrogens with two attached hydrogens (primary N) is 1. The lowest BCUT2D eigenvalue weighted by molar-refractivity contribution is 0.587. The van der Waals surface area contributed by atoms with Crippen molar-refractivity contribution >= 4 is 33.0 Å². The predicted octanol–water partition coefficient (Wildman–Crippen LogP) is 3.76. The van der Waals surface area contributed by atoms with E-state index >= 15 is 0 Å². The topological polar surface area (TPSA) is 122 Å². The van der Waals surface area contributed by atoms with Crippen LogP contribution < -0.4 is 21.3 Å². The molecule has 3 aromatic rings. The first-order valence-electron chi connectivity index (χ1n) is 9.70. The molecule has 0 aliphatic heterocycles. The van der Waals surface area contributed by atoms with E-state index in [4.69, 9.17) is 5.73 Å². The Hall–Kier alpha value is -3.17. The molecular formula is C21H26N6O2S. The molecule has 0 saturated carbocycles. The van der Waals surface area contributed by atoms with Gasteiger partial charge in [-0.15, -0.1) is 4.83 Å². The van der Waals surface area contributed by atoms with Crippen LogP contribution in [0.1, 0.15) is 30.9 Å². The zero-order valence-corrected chi connectivity index (χ0v) is 17.8. The van der Waals surface area contributed by atoms with Crippen molar-refractivity contribution < 1.29 is 8.42 Å². The van der Waals surface area contributed by atoms with Crippen molar-refractivity contribution in [2.75, 3.05) is 16.5 Å². The molecule has 8 nitrogen and oxygen atoms in total. The molecule has 0 aliphatic rings. The summed E-state index contributed by atoms with van der Waals surface area (Å²) in [5.74, 6) is 0.533. The fourth-order valence-corrected chi connectivity index (χ4v) is 3.60. The van der Waals surface area contributed by atoms with Crippen LogP contribution in [0.4, 0.5) is 23.0 Å². The number of anilines is 4. The standard InChI is InChI=1S/C21H26N6O2S/c1-3-4-5-16-8-10-17(11-9-16)25-20-19(22)21(24-14-23-20)26-27-30(28,29)18-12-6-15(2)7-13-18/h6-14,27H,3-5,22H2,1-2H3,(H2,23,24,25,26). The molecule has 30 heavy (non-hydrogen) atoms. The molecule has 0 unspecified atom stereocenters. The Bertz CT molecular complexity index is 1080. The van der Waals surface area contributed by atoms with Gasteiger partial charge in [0, 0.05) is 5.69 Å². The fraction of sp³-hybridized carbons (Fsp3) is 0.238. The van der Waals surface area contributed by atoms with Crippen molar-refractivity contribution in [1.82, 2.24) is 14.8 Å². The summed E-state index contributed by atoms with van der Waals surface area (Å²) in [5, 5.41) is 3.14. The lowest BCUT2D eigenvalue weighted by Gasteiger charge is -2.14. The molecule has 1 heterocycles. The van der Waals surface area contributed by atoms with Crippen LogP contribution in [0.25, 0.3) is 0 Å². The highest BCUT2D eigenvalue weighted by molar-refractivity contribution is 7.89. The molecule has 0 aliphatic carbocycles. The zero-order chi connectivity index (χ0) is 21.6. The van der Waals surface area contributed by atoms with Crippen molar-refractivity contribution in [3.8, 4) is 0 Å². The molecule has 0 bridgehead atoms. The van der Waals surface area contributed by atoms with Crippen molar-refractivity contribution in [3.63, 3.8) is 0 Å². The molecule has 0 atom stereocenters. The van der Waals surface area contributed by atoms with E-state index < -0.39 is 10.0 Å². The van der Waals surface area contributed by atoms with Gasteiger partial charge in [0.1, 0.15) is 12.0 Å². The van der Waals surface area contributed by atoms with Crippen molar-refractivity contribution in [2.24, 2.45) is 0 Å². The van der Waals surface area contributed by atoms with Crippen molar-refractivity contribution in [2.45, 2.75) is 38.0 Å². The van der Waals surface area contributed by atoms with Crippen LogP contribution in [0.3, 0.4) is 0 Å². The van der Waals surface area contributed by atoms with Crippen LogP contribution in [0.5, 0.6) is 0 Å². The maximum Gasteiger partial charge on any atom is 0.257 e. The van der Waals surface area contributed by atoms with Gasteiger partial charge < -0.3 is 11.1 Å². The average molecular weight is 427 g/mol. The number of benzene rings is 2. The van der Waals surface area contributed by atoms with Gasteiger partial charge in [0.15, 0.2) is 11.6 Å². The maximum atomic E-state index is 12.4. The third-order valence-electron chi connectivity index (χ3n) is 4.55. The molecule has 0 radical (unpaired) electrons. The number of hydrogen-bond donors (Lipinski definition) is 4. The maximum absolute atomic E-state index is 12.4. The van der Waals surface area contributed by atoms with E-state index in [1.165, 1.54) is 24.0 Å². The van der Waals surface area contributed by atoms with Gasteiger partial charge in [-0.2, -0.15) is 0 Å². The number of rotatable bonds is 9. The number of unbranched alkanes of at least 4 members (excludes halogenated alkanes) is 1. The highest BCUT2D eigenvalue weighted by atomic mass is 32.2. The van der Waals surface area contributed by atoms with Crippen LogP contribution in [0, 0.1) is 6.92 Å². The summed E-state index contributed by atoms with van der Waals surface area (Å²) in [6, 6.07) is 14.5. The molecule has 5 N–H and O–H groups in total. The molecule has 3 rings (SSSR count). The van der Waals surface area contributed by atoms with Crippen LogP contribution in [-0.4, -0.2) is 18.4 Å². The SMILES string of the molecule is CCCCc1ccc(Nc2ncnc(NNS(=O)(=O)c3ccc(C)cc3)c2N)cc1. The minimum Gasteiger partial charge on any atom is -0.393 e. The zero-order valence-electron chi connectivity index (χ0n) is 17.0. The molecule has 0 saturated heterocycles. The second-order valence-electron chi connectivity index (χ2n) is 6.95. The quantitative estimate of drug-likeness (QED) is 0.384. The predicted molar refractivity (Wildman–Crippen MR) is 120 cm³/mol. The number of nitrogens with zero attached hydrogens (tertiary/aromatic N) is 2. The summed E-state index contributed by atoms with van der Waals surface area (Å²) >= 11 is 0. The molecule has 158 valence electrons. The van der Waals surface area contributed by atoms with E-state index in [0.29, 0.717) is 5.82 Å². The van der Waals surface area contributed by atoms with Crippen LogP contribution in [0.15, 0.2) is 59.8 Å². The van der Waals surface area contributed by atoms with Crippen molar-refractivity contribution in [3.05, 3.63) is 66.0 Å². The number of aryl methyl sites for hydroxylation is 2. The van der Waals surface area contributed by atoms with E-state index in [2.05, 4.69) is 44.6 Å². The molecule has 1 aromatic heterocycles. The summed E-state index contributed by atoms with van der Waals surface area (Å²) in [5.41, 5.74) is 12.0. The van der Waals surface area contributed by atoms with E-state index in [-0.39, 0.29) is 16.4 Å². The highest BCUT2D eigenvalue weighted by Crippen LogP contribution is 2.26. The number of nitrogens with one attached hydrogen (secondary N) is 3. The molecule has 0 spiro atoms. The second kappa shape index (κ2) is 9.55. The van der Waals surface area contributed by atoms with Crippen LogP contribution in [0.2, 0.25) is 0 Å². The van der Waals surface area contributed by atoms with Gasteiger partial charge in [-0.05, 0) is 49.6 Å². The molecule has 9 heteroatoms. The van der Waals surface area contributed by atoms with Gasteiger partial charge in [-0.25, -0.2) is 18.4 Å². The summed E-state index contributed by atoms with van der Waals surface area (Å²) in [6.45, 7) is 4.05. The van der Waals surface area contributed by atoms with Crippen molar-refractivity contribution in [1.29, 1.82) is 0 Å². The lowest BCUT2D eigenvalue weighted by Crippen LogP contribution is -2.30. The van der Waals surface area contributed by atoms with Gasteiger partial charge in [0.25, 0.3) is 10.0 Å². The van der Waals surface area contributed by atoms with Gasteiger partial charge in [0.05, 0.1) is 4.90 Å². The summed E-state index contributed by atoms with van der Waals surface area (Å²) in [7, 11) is -3.77. The summed E-state index contributed by atoms with van der Waals surface area (Å²) in [4.78, 5) is 10.6. The minimum absolute atomic E-state index is 0.134. The van der Waals surface area contributed by atoms with E-state index in [1.807, 2.05) is 19.1 Å². The number of nitrogen functional groups attached to an aromatic ring is 1. The van der Waals surface area contributed by atoms with Gasteiger partial charge in [-0.1, -0.05) is 43.2 Å². The monoisotopic (exact) mass is 426 g/mol. The minimum atomic E-state index is -3.77. The average Bonchev–Trinajstić information content (AvgIpc) is 2.74. The number of hydrogen-bond acceptors (Lipinski definition) is 7. The molecular weight excluding hydrogens is 400 g/mol. The van der Waals surface area contributed by atoms with E-state index in [0.717, 1.165) is 30.5 Å². The first kappa shape index (κ1) is 21.5. The third-order valence-corrected chi connectivity index (χ3v) is 5.82. The van der Waals surface area contributed by atoms with Gasteiger partial charge >= 0.3 is 0 Å². The molecule has 0 fully saturated rings. The Labute approximate surface area is 177 Å². The summed E-state index contributed by atoms with van der Waals surface area (Å²) in [6.07, 6.45) is 4.65. The fourth-order valence-electron chi connectivity index (χ4n) is 2.76. The largest absolute Gasteiger partial charge is 0.393 e. The first-order chi connectivity index (χ1) is 14.4. The Kier molecular flexibility index (Phi) is 6.86. The second-order valence-corrected chi connectivity index (χ2v) is 8.64. The Morgan fingerprint density at radius 3 is 2.30 bits per heavy atom. The first-order valence-corrected chi connectivity index (χ1v) is 11.2. The van der Waals surface area contributed by atoms with Gasteiger partial charge in [0.2, 0.25) is 0 Å². The number of sulfonamides is 1. The normalized spacial score (nSPS) is 11.3. The molecule has 0 amide bonds. The number of hydrazine groups is 1. The third kappa shape index (κ3) is 5.46. The van der Waals surface area contributed by atoms with E-state index in [9.17, 15) is 8.42 Å². The Morgan fingerprint density at radius 1 is 0.967 bits per heavy atom. The highest BCUT2D eigenvalue weighted by Gasteiger charge is 2.15. The molecule has 2 aromatic carbocycles. The smallest absolute Gasteiger partial charge is 0.257 e.